The van der Waals surface area contributed by atoms with Gasteiger partial charge in [-0.05, 0) is 35.9 Å². The summed E-state index contributed by atoms with van der Waals surface area (Å²) in [6.07, 6.45) is -0.311. The second-order valence-corrected chi connectivity index (χ2v) is 6.44. The normalized spacial score (nSPS) is 15.7. The third-order valence-electron chi connectivity index (χ3n) is 4.63. The Morgan fingerprint density at radius 1 is 1.21 bits per heavy atom. The standard InChI is InChI=1S/C20H19N3O6/c1-29-14-8-6-13(7-9-14)16-12-18(15-4-2-3-5-17(15)23(27)28)22(21-16)19(24)10-11-20(25)26/h2-9,18H,10-12H2,1H3,(H,25,26)/t18-/m1/s1. The molecule has 1 atom stereocenters. The minimum Gasteiger partial charge on any atom is -0.497 e. The van der Waals surface area contributed by atoms with Crippen LogP contribution in [0.2, 0.25) is 0 Å². The Bertz CT molecular complexity index is 970. The molecule has 29 heavy (non-hydrogen) atoms. The van der Waals surface area contributed by atoms with Crippen LogP contribution < -0.4 is 4.74 Å². The van der Waals surface area contributed by atoms with Crippen LogP contribution in [0.5, 0.6) is 5.75 Å². The quantitative estimate of drug-likeness (QED) is 0.566. The monoisotopic (exact) mass is 397 g/mol. The summed E-state index contributed by atoms with van der Waals surface area (Å²) in [5, 5.41) is 25.9. The van der Waals surface area contributed by atoms with E-state index >= 15 is 0 Å². The highest BCUT2D eigenvalue weighted by Gasteiger charge is 2.36. The number of amides is 1. The van der Waals surface area contributed by atoms with Crippen LogP contribution in [0, 0.1) is 10.1 Å². The third-order valence-corrected chi connectivity index (χ3v) is 4.63. The number of ether oxygens (including phenoxy) is 1. The molecule has 9 nitrogen and oxygen atoms in total. The highest BCUT2D eigenvalue weighted by Crippen LogP contribution is 2.37. The number of carboxylic acids is 1. The molecule has 0 spiro atoms. The second-order valence-electron chi connectivity index (χ2n) is 6.44. The first-order valence-corrected chi connectivity index (χ1v) is 8.89. The van der Waals surface area contributed by atoms with Gasteiger partial charge in [0.1, 0.15) is 5.75 Å². The predicted molar refractivity (Wildman–Crippen MR) is 104 cm³/mol. The zero-order valence-electron chi connectivity index (χ0n) is 15.6. The Labute approximate surface area is 166 Å². The van der Waals surface area contributed by atoms with E-state index in [2.05, 4.69) is 5.10 Å². The van der Waals surface area contributed by atoms with E-state index in [9.17, 15) is 19.7 Å². The molecule has 1 aliphatic rings. The van der Waals surface area contributed by atoms with E-state index in [4.69, 9.17) is 9.84 Å². The van der Waals surface area contributed by atoms with E-state index in [1.54, 1.807) is 49.6 Å². The summed E-state index contributed by atoms with van der Waals surface area (Å²) in [6.45, 7) is 0. The molecule has 1 aliphatic heterocycles. The van der Waals surface area contributed by atoms with Gasteiger partial charge >= 0.3 is 5.97 Å². The van der Waals surface area contributed by atoms with Crippen molar-refractivity contribution < 1.29 is 24.4 Å². The summed E-state index contributed by atoms with van der Waals surface area (Å²) >= 11 is 0. The predicted octanol–water partition coefficient (Wildman–Crippen LogP) is 3.15. The number of nitro groups is 1. The van der Waals surface area contributed by atoms with Crippen LogP contribution in [0.1, 0.15) is 36.4 Å². The largest absolute Gasteiger partial charge is 0.497 e. The number of hydrogen-bond acceptors (Lipinski definition) is 6. The minimum atomic E-state index is -1.10. The third kappa shape index (κ3) is 4.40. The van der Waals surface area contributed by atoms with E-state index in [1.807, 2.05) is 0 Å². The van der Waals surface area contributed by atoms with Crippen LogP contribution in [-0.4, -0.2) is 39.7 Å². The fourth-order valence-corrected chi connectivity index (χ4v) is 3.20. The Morgan fingerprint density at radius 3 is 2.52 bits per heavy atom. The fourth-order valence-electron chi connectivity index (χ4n) is 3.20. The first-order chi connectivity index (χ1) is 13.9. The molecule has 150 valence electrons. The van der Waals surface area contributed by atoms with Gasteiger partial charge in [0.05, 0.1) is 35.8 Å². The van der Waals surface area contributed by atoms with Crippen molar-refractivity contribution in [3.8, 4) is 5.75 Å². The van der Waals surface area contributed by atoms with Crippen molar-refractivity contribution in [3.63, 3.8) is 0 Å². The number of aliphatic carboxylic acids is 1. The smallest absolute Gasteiger partial charge is 0.303 e. The molecule has 9 heteroatoms. The topological polar surface area (TPSA) is 122 Å². The molecule has 0 saturated heterocycles. The fraction of sp³-hybridized carbons (Fsp3) is 0.250. The van der Waals surface area contributed by atoms with Crippen molar-refractivity contribution in [2.75, 3.05) is 7.11 Å². The number of carbonyl (C=O) groups is 2. The van der Waals surface area contributed by atoms with Crippen molar-refractivity contribution in [2.45, 2.75) is 25.3 Å². The van der Waals surface area contributed by atoms with Gasteiger partial charge in [-0.25, -0.2) is 5.01 Å². The number of carboxylic acid groups (broad SMARTS) is 1. The molecule has 0 saturated carbocycles. The highest BCUT2D eigenvalue weighted by molar-refractivity contribution is 6.03. The molecule has 0 aliphatic carbocycles. The van der Waals surface area contributed by atoms with Gasteiger partial charge in [-0.3, -0.25) is 19.7 Å². The molecule has 1 heterocycles. The van der Waals surface area contributed by atoms with E-state index in [-0.39, 0.29) is 24.9 Å². The summed E-state index contributed by atoms with van der Waals surface area (Å²) in [5.74, 6) is -0.935. The van der Waals surface area contributed by atoms with Gasteiger partial charge in [-0.15, -0.1) is 0 Å². The molecule has 1 amide bonds. The maximum Gasteiger partial charge on any atom is 0.303 e. The number of hydrogen-bond donors (Lipinski definition) is 1. The molecular weight excluding hydrogens is 378 g/mol. The van der Waals surface area contributed by atoms with Gasteiger partial charge < -0.3 is 9.84 Å². The average molecular weight is 397 g/mol. The summed E-state index contributed by atoms with van der Waals surface area (Å²) in [7, 11) is 1.55. The van der Waals surface area contributed by atoms with Gasteiger partial charge in [-0.2, -0.15) is 5.10 Å². The molecule has 2 aromatic carbocycles. The molecule has 3 rings (SSSR count). The van der Waals surface area contributed by atoms with Crippen molar-refractivity contribution in [1.29, 1.82) is 0 Å². The number of carbonyl (C=O) groups excluding carboxylic acids is 1. The Hall–Kier alpha value is -3.75. The van der Waals surface area contributed by atoms with Gasteiger partial charge in [0.25, 0.3) is 5.69 Å². The number of methoxy groups -OCH3 is 1. The van der Waals surface area contributed by atoms with E-state index in [0.717, 1.165) is 5.56 Å². The Morgan fingerprint density at radius 2 is 1.90 bits per heavy atom. The Balaban J connectivity index is 1.97. The highest BCUT2D eigenvalue weighted by atomic mass is 16.6. The lowest BCUT2D eigenvalue weighted by Gasteiger charge is -2.21. The van der Waals surface area contributed by atoms with Crippen LogP contribution in [-0.2, 0) is 9.59 Å². The number of rotatable bonds is 7. The maximum absolute atomic E-state index is 12.7. The number of benzene rings is 2. The number of para-hydroxylation sites is 1. The van der Waals surface area contributed by atoms with Crippen molar-refractivity contribution in [3.05, 3.63) is 69.8 Å². The molecule has 0 unspecified atom stereocenters. The van der Waals surface area contributed by atoms with Crippen molar-refractivity contribution in [2.24, 2.45) is 5.10 Å². The van der Waals surface area contributed by atoms with Gasteiger partial charge in [-0.1, -0.05) is 12.1 Å². The molecule has 0 bridgehead atoms. The SMILES string of the molecule is COc1ccc(C2=NN(C(=O)CCC(=O)O)[C@@H](c3ccccc3[N+](=O)[O-])C2)cc1. The summed E-state index contributed by atoms with van der Waals surface area (Å²) in [6, 6.07) is 12.6. The molecule has 0 radical (unpaired) electrons. The zero-order chi connectivity index (χ0) is 21.0. The van der Waals surface area contributed by atoms with Crippen LogP contribution >= 0.6 is 0 Å². The first kappa shape index (κ1) is 20.0. The van der Waals surface area contributed by atoms with Crippen LogP contribution in [0.15, 0.2) is 53.6 Å². The first-order valence-electron chi connectivity index (χ1n) is 8.89. The number of hydrazone groups is 1. The number of nitrogens with zero attached hydrogens (tertiary/aromatic N) is 3. The maximum atomic E-state index is 12.7. The van der Waals surface area contributed by atoms with Gasteiger partial charge in [0.15, 0.2) is 0 Å². The van der Waals surface area contributed by atoms with E-state index in [1.165, 1.54) is 11.1 Å². The zero-order valence-corrected chi connectivity index (χ0v) is 15.6. The lowest BCUT2D eigenvalue weighted by Crippen LogP contribution is -2.27. The molecule has 0 fully saturated rings. The van der Waals surface area contributed by atoms with E-state index in [0.29, 0.717) is 17.0 Å². The lowest BCUT2D eigenvalue weighted by atomic mass is 9.97. The number of nitro benzene ring substituents is 1. The van der Waals surface area contributed by atoms with Crippen LogP contribution in [0.3, 0.4) is 0 Å². The molecule has 2 aromatic rings. The van der Waals surface area contributed by atoms with Crippen molar-refractivity contribution in [1.82, 2.24) is 5.01 Å². The lowest BCUT2D eigenvalue weighted by molar-refractivity contribution is -0.385. The van der Waals surface area contributed by atoms with E-state index < -0.39 is 22.8 Å². The molecular formula is C20H19N3O6. The van der Waals surface area contributed by atoms with Crippen LogP contribution in [0.4, 0.5) is 5.69 Å². The summed E-state index contributed by atoms with van der Waals surface area (Å²) in [4.78, 5) is 34.5. The molecule has 1 N–H and O–H groups in total. The molecule has 0 aromatic heterocycles. The minimum absolute atomic E-state index is 0.111. The average Bonchev–Trinajstić information content (AvgIpc) is 3.17. The second kappa shape index (κ2) is 8.51. The van der Waals surface area contributed by atoms with Crippen LogP contribution in [0.25, 0.3) is 0 Å². The van der Waals surface area contributed by atoms with Crippen molar-refractivity contribution >= 4 is 23.3 Å². The van der Waals surface area contributed by atoms with Gasteiger partial charge in [0.2, 0.25) is 5.91 Å². The summed E-state index contributed by atoms with van der Waals surface area (Å²) in [5.41, 5.74) is 1.58. The Kier molecular flexibility index (Phi) is 5.87. The summed E-state index contributed by atoms with van der Waals surface area (Å²) < 4.78 is 5.14. The van der Waals surface area contributed by atoms with Gasteiger partial charge in [0, 0.05) is 18.9 Å².